The van der Waals surface area contributed by atoms with Crippen molar-refractivity contribution in [3.63, 3.8) is 0 Å². The zero-order valence-electron chi connectivity index (χ0n) is 24.0. The standard InChI is InChI=1S/C31H38F3N3O4/c1-5-23(2)37(21-27-13-8-15-35(27)20-24-10-6-14-28(18-24)41-4)29(38)22-36(16-9-17-40-3)30(39)25-11-7-12-26(19-25)31(32,33)34/h6-8,10-15,18-19,23H,5,9,16-17,20-22H2,1-4H3. The third-order valence-electron chi connectivity index (χ3n) is 7.01. The molecule has 2 amide bonds. The largest absolute Gasteiger partial charge is 0.497 e. The highest BCUT2D eigenvalue weighted by Gasteiger charge is 2.32. The van der Waals surface area contributed by atoms with Crippen LogP contribution in [0.15, 0.2) is 66.9 Å². The maximum absolute atomic E-state index is 13.7. The van der Waals surface area contributed by atoms with Crippen LogP contribution in [-0.4, -0.2) is 66.1 Å². The normalized spacial score (nSPS) is 12.2. The summed E-state index contributed by atoms with van der Waals surface area (Å²) in [6, 6.07) is 15.8. The Morgan fingerprint density at radius 3 is 2.46 bits per heavy atom. The van der Waals surface area contributed by atoms with Gasteiger partial charge in [-0.05, 0) is 67.8 Å². The smallest absolute Gasteiger partial charge is 0.416 e. The van der Waals surface area contributed by atoms with Gasteiger partial charge in [0.1, 0.15) is 12.3 Å². The zero-order valence-corrected chi connectivity index (χ0v) is 24.0. The maximum Gasteiger partial charge on any atom is 0.416 e. The Morgan fingerprint density at radius 1 is 1.02 bits per heavy atom. The summed E-state index contributed by atoms with van der Waals surface area (Å²) in [6.45, 7) is 5.05. The first-order chi connectivity index (χ1) is 19.6. The molecule has 0 aliphatic heterocycles. The topological polar surface area (TPSA) is 64.0 Å². The number of alkyl halides is 3. The zero-order chi connectivity index (χ0) is 30.0. The lowest BCUT2D eigenvalue weighted by Crippen LogP contribution is -2.46. The molecule has 0 bridgehead atoms. The van der Waals surface area contributed by atoms with Crippen molar-refractivity contribution >= 4 is 11.8 Å². The summed E-state index contributed by atoms with van der Waals surface area (Å²) >= 11 is 0. The van der Waals surface area contributed by atoms with E-state index < -0.39 is 17.6 Å². The molecule has 0 aliphatic carbocycles. The summed E-state index contributed by atoms with van der Waals surface area (Å²) in [5, 5.41) is 0. The molecule has 3 aromatic rings. The number of nitrogens with zero attached hydrogens (tertiary/aromatic N) is 3. The van der Waals surface area contributed by atoms with E-state index in [-0.39, 0.29) is 30.6 Å². The number of rotatable bonds is 14. The van der Waals surface area contributed by atoms with Crippen LogP contribution >= 0.6 is 0 Å². The summed E-state index contributed by atoms with van der Waals surface area (Å²) in [6.07, 6.45) is -1.52. The molecule has 1 atom stereocenters. The first-order valence-electron chi connectivity index (χ1n) is 13.6. The molecule has 0 N–H and O–H groups in total. The van der Waals surface area contributed by atoms with Crippen LogP contribution in [-0.2, 0) is 28.8 Å². The van der Waals surface area contributed by atoms with Crippen molar-refractivity contribution in [2.24, 2.45) is 0 Å². The van der Waals surface area contributed by atoms with Crippen LogP contribution in [0.2, 0.25) is 0 Å². The van der Waals surface area contributed by atoms with E-state index in [1.54, 1.807) is 12.0 Å². The van der Waals surface area contributed by atoms with Gasteiger partial charge in [-0.1, -0.05) is 25.1 Å². The molecular formula is C31H38F3N3O4. The predicted octanol–water partition coefficient (Wildman–Crippen LogP) is 5.87. The molecule has 2 aromatic carbocycles. The number of carbonyl (C=O) groups excluding carboxylic acids is 2. The lowest BCUT2D eigenvalue weighted by Gasteiger charge is -2.32. The second-order valence-corrected chi connectivity index (χ2v) is 9.91. The second-order valence-electron chi connectivity index (χ2n) is 9.91. The summed E-state index contributed by atoms with van der Waals surface area (Å²) in [4.78, 5) is 30.1. The van der Waals surface area contributed by atoms with Crippen LogP contribution in [0.3, 0.4) is 0 Å². The molecule has 222 valence electrons. The van der Waals surface area contributed by atoms with Gasteiger partial charge in [-0.2, -0.15) is 13.2 Å². The first kappa shape index (κ1) is 31.7. The van der Waals surface area contributed by atoms with E-state index in [9.17, 15) is 22.8 Å². The third kappa shape index (κ3) is 8.85. The molecule has 0 saturated heterocycles. The minimum atomic E-state index is -4.58. The molecule has 0 spiro atoms. The molecule has 0 radical (unpaired) electrons. The molecule has 41 heavy (non-hydrogen) atoms. The Kier molecular flexibility index (Phi) is 11.4. The molecule has 1 heterocycles. The Hall–Kier alpha value is -3.79. The quantitative estimate of drug-likeness (QED) is 0.226. The molecular weight excluding hydrogens is 535 g/mol. The summed E-state index contributed by atoms with van der Waals surface area (Å²) in [7, 11) is 3.14. The molecule has 3 rings (SSSR count). The number of benzene rings is 2. The highest BCUT2D eigenvalue weighted by atomic mass is 19.4. The fourth-order valence-electron chi connectivity index (χ4n) is 4.52. The van der Waals surface area contributed by atoms with Crippen LogP contribution < -0.4 is 4.74 Å². The van der Waals surface area contributed by atoms with E-state index >= 15 is 0 Å². The summed E-state index contributed by atoms with van der Waals surface area (Å²) in [5.41, 5.74) is 0.924. The van der Waals surface area contributed by atoms with Gasteiger partial charge in [0, 0.05) is 50.3 Å². The average molecular weight is 574 g/mol. The average Bonchev–Trinajstić information content (AvgIpc) is 3.40. The van der Waals surface area contributed by atoms with Crippen molar-refractivity contribution in [2.75, 3.05) is 33.9 Å². The lowest BCUT2D eigenvalue weighted by molar-refractivity contribution is -0.137. The van der Waals surface area contributed by atoms with Gasteiger partial charge in [0.05, 0.1) is 19.2 Å². The van der Waals surface area contributed by atoms with Crippen molar-refractivity contribution in [3.8, 4) is 5.75 Å². The number of amides is 2. The number of ether oxygens (including phenoxy) is 2. The molecule has 1 aromatic heterocycles. The highest BCUT2D eigenvalue weighted by Crippen LogP contribution is 2.30. The van der Waals surface area contributed by atoms with E-state index in [1.165, 1.54) is 24.1 Å². The van der Waals surface area contributed by atoms with Crippen molar-refractivity contribution in [1.82, 2.24) is 14.4 Å². The van der Waals surface area contributed by atoms with Gasteiger partial charge in [0.15, 0.2) is 0 Å². The highest BCUT2D eigenvalue weighted by molar-refractivity contribution is 5.96. The number of halogens is 3. The Balaban J connectivity index is 1.82. The molecule has 10 heteroatoms. The monoisotopic (exact) mass is 573 g/mol. The van der Waals surface area contributed by atoms with Crippen molar-refractivity contribution < 1.29 is 32.2 Å². The van der Waals surface area contributed by atoms with E-state index in [1.807, 2.05) is 56.4 Å². The molecule has 7 nitrogen and oxygen atoms in total. The minimum Gasteiger partial charge on any atom is -0.497 e. The van der Waals surface area contributed by atoms with Gasteiger partial charge in [0.2, 0.25) is 5.91 Å². The van der Waals surface area contributed by atoms with Crippen LogP contribution in [0.4, 0.5) is 13.2 Å². The van der Waals surface area contributed by atoms with Gasteiger partial charge in [-0.3, -0.25) is 9.59 Å². The SMILES string of the molecule is CCC(C)N(Cc1cccn1Cc1cccc(OC)c1)C(=O)CN(CCCOC)C(=O)c1cccc(C(F)(F)F)c1. The third-order valence-corrected chi connectivity index (χ3v) is 7.01. The molecule has 0 saturated carbocycles. The van der Waals surface area contributed by atoms with Gasteiger partial charge in [0.25, 0.3) is 5.91 Å². The fraction of sp³-hybridized carbons (Fsp3) is 0.419. The number of hydrogen-bond donors (Lipinski definition) is 0. The summed E-state index contributed by atoms with van der Waals surface area (Å²) < 4.78 is 52.4. The number of methoxy groups -OCH3 is 2. The predicted molar refractivity (Wildman–Crippen MR) is 151 cm³/mol. The fourth-order valence-corrected chi connectivity index (χ4v) is 4.52. The van der Waals surface area contributed by atoms with E-state index in [0.717, 1.165) is 29.1 Å². The van der Waals surface area contributed by atoms with E-state index in [2.05, 4.69) is 4.57 Å². The van der Waals surface area contributed by atoms with E-state index in [4.69, 9.17) is 9.47 Å². The van der Waals surface area contributed by atoms with Gasteiger partial charge >= 0.3 is 6.18 Å². The molecule has 1 unspecified atom stereocenters. The van der Waals surface area contributed by atoms with Gasteiger partial charge in [-0.15, -0.1) is 0 Å². The number of carbonyl (C=O) groups is 2. The van der Waals surface area contributed by atoms with Crippen molar-refractivity contribution in [3.05, 3.63) is 89.2 Å². The lowest BCUT2D eigenvalue weighted by atomic mass is 10.1. The van der Waals surface area contributed by atoms with E-state index in [0.29, 0.717) is 32.5 Å². The Morgan fingerprint density at radius 2 is 1.78 bits per heavy atom. The van der Waals surface area contributed by atoms with Gasteiger partial charge in [-0.25, -0.2) is 0 Å². The minimum absolute atomic E-state index is 0.118. The van der Waals surface area contributed by atoms with Crippen LogP contribution in [0.1, 0.15) is 53.9 Å². The van der Waals surface area contributed by atoms with Crippen LogP contribution in [0, 0.1) is 0 Å². The maximum atomic E-state index is 13.7. The second kappa shape index (κ2) is 14.7. The number of hydrogen-bond acceptors (Lipinski definition) is 4. The van der Waals surface area contributed by atoms with Crippen molar-refractivity contribution in [1.29, 1.82) is 0 Å². The van der Waals surface area contributed by atoms with Crippen LogP contribution in [0.5, 0.6) is 5.75 Å². The first-order valence-corrected chi connectivity index (χ1v) is 13.6. The number of aromatic nitrogens is 1. The molecule has 0 fully saturated rings. The molecule has 0 aliphatic rings. The van der Waals surface area contributed by atoms with Crippen LogP contribution in [0.25, 0.3) is 0 Å². The van der Waals surface area contributed by atoms with Gasteiger partial charge < -0.3 is 23.8 Å². The summed E-state index contributed by atoms with van der Waals surface area (Å²) in [5.74, 6) is -0.163. The Labute approximate surface area is 239 Å². The Bertz CT molecular complexity index is 1290. The van der Waals surface area contributed by atoms with Crippen molar-refractivity contribution in [2.45, 2.75) is 52.0 Å².